The minimum atomic E-state index is -0.0544. The first-order valence-corrected chi connectivity index (χ1v) is 6.38. The largest absolute Gasteiger partial charge is 0.342 e. The van der Waals surface area contributed by atoms with E-state index >= 15 is 0 Å². The minimum Gasteiger partial charge on any atom is -0.342 e. The Balaban J connectivity index is 2.58. The zero-order valence-corrected chi connectivity index (χ0v) is 11.1. The van der Waals surface area contributed by atoms with Gasteiger partial charge in [-0.15, -0.1) is 0 Å². The smallest absolute Gasteiger partial charge is 0.226 e. The molecule has 1 aliphatic heterocycles. The van der Waals surface area contributed by atoms with Crippen LogP contribution in [0.3, 0.4) is 0 Å². The lowest BCUT2D eigenvalue weighted by Crippen LogP contribution is -2.42. The van der Waals surface area contributed by atoms with Crippen molar-refractivity contribution in [1.82, 2.24) is 4.90 Å². The van der Waals surface area contributed by atoms with Crippen LogP contribution in [0, 0.1) is 11.3 Å². The first-order chi connectivity index (χ1) is 7.33. The molecule has 1 amide bonds. The van der Waals surface area contributed by atoms with Gasteiger partial charge in [0.1, 0.15) is 0 Å². The molecule has 3 nitrogen and oxygen atoms in total. The molecule has 2 atom stereocenters. The van der Waals surface area contributed by atoms with Gasteiger partial charge in [0.05, 0.1) is 5.92 Å². The summed E-state index contributed by atoms with van der Waals surface area (Å²) < 4.78 is 0. The Labute approximate surface area is 99.4 Å². The first-order valence-electron chi connectivity index (χ1n) is 6.38. The second-order valence-corrected chi connectivity index (χ2v) is 5.99. The monoisotopic (exact) mass is 226 g/mol. The number of hydrogen-bond donors (Lipinski definition) is 1. The Kier molecular flexibility index (Phi) is 4.36. The third kappa shape index (κ3) is 3.48. The molecule has 0 saturated carbocycles. The van der Waals surface area contributed by atoms with Crippen molar-refractivity contribution in [3.05, 3.63) is 0 Å². The third-order valence-electron chi connectivity index (χ3n) is 3.83. The van der Waals surface area contributed by atoms with Gasteiger partial charge in [-0.3, -0.25) is 4.79 Å². The summed E-state index contributed by atoms with van der Waals surface area (Å²) in [5, 5.41) is 0. The molecule has 0 aromatic carbocycles. The lowest BCUT2D eigenvalue weighted by Gasteiger charge is -2.27. The van der Waals surface area contributed by atoms with Crippen molar-refractivity contribution in [3.63, 3.8) is 0 Å². The van der Waals surface area contributed by atoms with Crippen molar-refractivity contribution in [2.75, 3.05) is 13.1 Å². The third-order valence-corrected chi connectivity index (χ3v) is 3.83. The summed E-state index contributed by atoms with van der Waals surface area (Å²) >= 11 is 0. The normalized spacial score (nSPS) is 24.7. The van der Waals surface area contributed by atoms with E-state index < -0.39 is 0 Å². The van der Waals surface area contributed by atoms with Crippen molar-refractivity contribution in [1.29, 1.82) is 0 Å². The van der Waals surface area contributed by atoms with Gasteiger partial charge < -0.3 is 10.6 Å². The van der Waals surface area contributed by atoms with E-state index in [1.54, 1.807) is 0 Å². The maximum atomic E-state index is 12.1. The number of hydrogen-bond acceptors (Lipinski definition) is 2. The van der Waals surface area contributed by atoms with Crippen LogP contribution < -0.4 is 5.73 Å². The number of amides is 1. The Morgan fingerprint density at radius 3 is 2.44 bits per heavy atom. The van der Waals surface area contributed by atoms with Crippen LogP contribution >= 0.6 is 0 Å². The standard InChI is InChI=1S/C13H26N2O/c1-10(11(2)14)12(16)15-8-5-6-13(3,4)7-9-15/h10-11H,5-9,14H2,1-4H3. The molecule has 16 heavy (non-hydrogen) atoms. The van der Waals surface area contributed by atoms with Gasteiger partial charge in [0.25, 0.3) is 0 Å². The average Bonchev–Trinajstić information content (AvgIpc) is 2.37. The Morgan fingerprint density at radius 1 is 1.25 bits per heavy atom. The summed E-state index contributed by atoms with van der Waals surface area (Å²) in [6.45, 7) is 10.2. The van der Waals surface area contributed by atoms with Gasteiger partial charge in [0.15, 0.2) is 0 Å². The average molecular weight is 226 g/mol. The van der Waals surface area contributed by atoms with Gasteiger partial charge in [-0.1, -0.05) is 20.8 Å². The second kappa shape index (κ2) is 5.17. The fourth-order valence-electron chi connectivity index (χ4n) is 2.16. The molecule has 1 aliphatic rings. The summed E-state index contributed by atoms with van der Waals surface area (Å²) in [6, 6.07) is -0.0521. The molecule has 0 radical (unpaired) electrons. The molecule has 0 aromatic rings. The summed E-state index contributed by atoms with van der Waals surface area (Å²) in [5.74, 6) is 0.175. The number of nitrogens with two attached hydrogens (primary N) is 1. The summed E-state index contributed by atoms with van der Waals surface area (Å²) in [4.78, 5) is 14.2. The molecule has 1 heterocycles. The molecule has 1 rings (SSSR count). The van der Waals surface area contributed by atoms with Gasteiger partial charge >= 0.3 is 0 Å². The topological polar surface area (TPSA) is 46.3 Å². The highest BCUT2D eigenvalue weighted by atomic mass is 16.2. The quantitative estimate of drug-likeness (QED) is 0.783. The van der Waals surface area contributed by atoms with Crippen LogP contribution in [0.1, 0.15) is 47.0 Å². The maximum Gasteiger partial charge on any atom is 0.226 e. The molecule has 1 saturated heterocycles. The van der Waals surface area contributed by atoms with Crippen molar-refractivity contribution in [2.24, 2.45) is 17.1 Å². The Hall–Kier alpha value is -0.570. The molecule has 0 bridgehead atoms. The summed E-state index contributed by atoms with van der Waals surface area (Å²) in [6.07, 6.45) is 3.43. The van der Waals surface area contributed by atoms with Gasteiger partial charge in [0.2, 0.25) is 5.91 Å². The number of rotatable bonds is 2. The van der Waals surface area contributed by atoms with Gasteiger partial charge in [-0.05, 0) is 31.6 Å². The van der Waals surface area contributed by atoms with Crippen LogP contribution in [0.4, 0.5) is 0 Å². The number of nitrogens with zero attached hydrogens (tertiary/aromatic N) is 1. The Bertz CT molecular complexity index is 248. The molecule has 94 valence electrons. The lowest BCUT2D eigenvalue weighted by atomic mass is 9.85. The van der Waals surface area contributed by atoms with Crippen LogP contribution in [0.5, 0.6) is 0 Å². The van der Waals surface area contributed by atoms with Gasteiger partial charge in [-0.25, -0.2) is 0 Å². The highest BCUT2D eigenvalue weighted by molar-refractivity contribution is 5.79. The predicted molar refractivity (Wildman–Crippen MR) is 67.0 cm³/mol. The number of carbonyl (C=O) groups is 1. The van der Waals surface area contributed by atoms with Crippen molar-refractivity contribution >= 4 is 5.91 Å². The SMILES string of the molecule is CC(N)C(C)C(=O)N1CCCC(C)(C)CC1. The molecule has 3 heteroatoms. The van der Waals surface area contributed by atoms with E-state index in [0.29, 0.717) is 5.41 Å². The van der Waals surface area contributed by atoms with Gasteiger partial charge in [-0.2, -0.15) is 0 Å². The van der Waals surface area contributed by atoms with E-state index in [-0.39, 0.29) is 17.9 Å². The summed E-state index contributed by atoms with van der Waals surface area (Å²) in [7, 11) is 0. The molecule has 0 spiro atoms. The zero-order valence-electron chi connectivity index (χ0n) is 11.1. The first kappa shape index (κ1) is 13.5. The van der Waals surface area contributed by atoms with E-state index in [1.807, 2.05) is 18.7 Å². The van der Waals surface area contributed by atoms with Crippen molar-refractivity contribution in [3.8, 4) is 0 Å². The Morgan fingerprint density at radius 2 is 1.88 bits per heavy atom. The molecule has 0 aliphatic carbocycles. The van der Waals surface area contributed by atoms with E-state index in [0.717, 1.165) is 25.9 Å². The maximum absolute atomic E-state index is 12.1. The highest BCUT2D eigenvalue weighted by Crippen LogP contribution is 2.30. The molecular formula is C13H26N2O. The molecule has 0 aromatic heterocycles. The van der Waals surface area contributed by atoms with E-state index in [4.69, 9.17) is 5.73 Å². The van der Waals surface area contributed by atoms with Crippen LogP contribution in [0.2, 0.25) is 0 Å². The second-order valence-electron chi connectivity index (χ2n) is 5.99. The van der Waals surface area contributed by atoms with Crippen LogP contribution in [0.25, 0.3) is 0 Å². The predicted octanol–water partition coefficient (Wildman–Crippen LogP) is 2.01. The van der Waals surface area contributed by atoms with Crippen molar-refractivity contribution in [2.45, 2.75) is 53.0 Å². The van der Waals surface area contributed by atoms with Crippen LogP contribution in [-0.4, -0.2) is 29.9 Å². The fourth-order valence-corrected chi connectivity index (χ4v) is 2.16. The molecule has 1 fully saturated rings. The van der Waals surface area contributed by atoms with E-state index in [2.05, 4.69) is 13.8 Å². The van der Waals surface area contributed by atoms with Crippen molar-refractivity contribution < 1.29 is 4.79 Å². The minimum absolute atomic E-state index is 0.0521. The van der Waals surface area contributed by atoms with Crippen LogP contribution in [0.15, 0.2) is 0 Å². The lowest BCUT2D eigenvalue weighted by molar-refractivity contribution is -0.135. The molecule has 2 unspecified atom stereocenters. The van der Waals surface area contributed by atoms with Gasteiger partial charge in [0, 0.05) is 19.1 Å². The van der Waals surface area contributed by atoms with Crippen LogP contribution in [-0.2, 0) is 4.79 Å². The fraction of sp³-hybridized carbons (Fsp3) is 0.923. The summed E-state index contributed by atoms with van der Waals surface area (Å²) in [5.41, 5.74) is 6.17. The molecular weight excluding hydrogens is 200 g/mol. The zero-order chi connectivity index (χ0) is 12.3. The highest BCUT2D eigenvalue weighted by Gasteiger charge is 2.28. The molecule has 2 N–H and O–H groups in total. The van der Waals surface area contributed by atoms with E-state index in [9.17, 15) is 4.79 Å². The number of carbonyl (C=O) groups excluding carboxylic acids is 1. The van der Waals surface area contributed by atoms with E-state index in [1.165, 1.54) is 6.42 Å². The number of likely N-dealkylation sites (tertiary alicyclic amines) is 1.